The number of hydrogen-bond acceptors (Lipinski definition) is 15. The fourth-order valence-electron chi connectivity index (χ4n) is 10.3. The molecule has 5 N–H and O–H groups in total. The average Bonchev–Trinajstić information content (AvgIpc) is 4.09. The highest BCUT2D eigenvalue weighted by atomic mass is 35.5. The second-order valence-corrected chi connectivity index (χ2v) is 26.7. The monoisotopic (exact) mass is 1180 g/mol. The van der Waals surface area contributed by atoms with Crippen LogP contribution in [-0.2, 0) is 51.6 Å². The number of nitrogens with two attached hydrogens (primary N) is 1. The third kappa shape index (κ3) is 21.2. The number of aromatic nitrogens is 2. The number of thiocarbonyl (C=S) groups is 2. The van der Waals surface area contributed by atoms with Gasteiger partial charge in [-0.05, 0) is 149 Å². The van der Waals surface area contributed by atoms with Crippen molar-refractivity contribution in [2.45, 2.75) is 143 Å². The van der Waals surface area contributed by atoms with Gasteiger partial charge in [0.15, 0.2) is 0 Å². The van der Waals surface area contributed by atoms with Crippen molar-refractivity contribution in [3.8, 4) is 0 Å². The first-order valence-corrected chi connectivity index (χ1v) is 32.0. The summed E-state index contributed by atoms with van der Waals surface area (Å²) in [5.41, 5.74) is 12.7. The number of anilines is 2. The number of carbonyl (C=O) groups excluding carboxylic acids is 4. The van der Waals surface area contributed by atoms with Crippen molar-refractivity contribution in [1.82, 2.24) is 20.6 Å². The lowest BCUT2D eigenvalue weighted by molar-refractivity contribution is -0.143. The third-order valence-corrected chi connectivity index (χ3v) is 18.1. The number of rotatable bonds is 23. The van der Waals surface area contributed by atoms with Crippen molar-refractivity contribution in [1.29, 1.82) is 0 Å². The highest BCUT2D eigenvalue weighted by molar-refractivity contribution is 7.90. The fraction of sp³-hybridized carbons (Fsp3) is 0.517. The van der Waals surface area contributed by atoms with Crippen molar-refractivity contribution in [3.63, 3.8) is 0 Å². The first kappa shape index (κ1) is 66.1. The molecule has 0 aliphatic heterocycles. The molecule has 0 spiro atoms. The third-order valence-electron chi connectivity index (χ3n) is 14.7. The lowest BCUT2D eigenvalue weighted by Gasteiger charge is -2.33. The topological polar surface area (TPSA) is 243 Å². The zero-order valence-corrected chi connectivity index (χ0v) is 50.9. The zero-order valence-electron chi connectivity index (χ0n) is 46.9. The molecule has 6 rings (SSSR count). The van der Waals surface area contributed by atoms with Gasteiger partial charge in [0.2, 0.25) is 0 Å². The van der Waals surface area contributed by atoms with Crippen LogP contribution in [0.25, 0.3) is 0 Å². The van der Waals surface area contributed by atoms with Gasteiger partial charge in [-0.2, -0.15) is 0 Å². The molecule has 4 aromatic rings. The molecule has 2 aromatic carbocycles. The van der Waals surface area contributed by atoms with E-state index in [1.165, 1.54) is 26.7 Å². The standard InChI is InChI=1S/C29H39N3O5S2.C21H32N2O4S2.C8H8ClNO/c1-20-13-17-30-21(2)25(20)26(33)31-23-11-9-22(10-12-23)19-24(27(34)37-3)32-28(38)29(14-5-6-15-29)16-7-8-18-39(4,35)36;1-27-19(24)18(15-16-7-9-17(22)10-8-16)23-20(28)21(11-3-4-12-21)13-5-6-14-29(2,25)26;1-5-3-4-10-6(2)7(5)8(9)11/h9-13,17,24H,5-8,14-16,18-19H2,1-4H3,(H,31,33)(H,32,38);7-10,18H,3-6,11-15,22H2,1-2H3,(H,23,28);3-4H,1-2H3. The molecule has 432 valence electrons. The van der Waals surface area contributed by atoms with Crippen LogP contribution in [0, 0.1) is 38.5 Å². The van der Waals surface area contributed by atoms with Gasteiger partial charge in [-0.15, -0.1) is 0 Å². The van der Waals surface area contributed by atoms with E-state index < -0.39 is 43.0 Å². The van der Waals surface area contributed by atoms with Gasteiger partial charge in [-0.3, -0.25) is 19.6 Å². The van der Waals surface area contributed by atoms with Crippen molar-refractivity contribution in [2.75, 3.05) is 49.3 Å². The summed E-state index contributed by atoms with van der Waals surface area (Å²) in [6.07, 6.45) is 19.2. The van der Waals surface area contributed by atoms with Gasteiger partial charge < -0.3 is 31.2 Å². The maximum atomic E-state index is 12.8. The molecule has 79 heavy (non-hydrogen) atoms. The number of unbranched alkanes of at least 4 members (excludes halogenated alkanes) is 2. The summed E-state index contributed by atoms with van der Waals surface area (Å²) < 4.78 is 55.9. The second-order valence-electron chi connectivity index (χ2n) is 21.0. The number of methoxy groups -OCH3 is 2. The van der Waals surface area contributed by atoms with Crippen LogP contribution in [-0.4, -0.2) is 110 Å². The Morgan fingerprint density at radius 3 is 1.34 bits per heavy atom. The van der Waals surface area contributed by atoms with Crippen LogP contribution in [0.5, 0.6) is 0 Å². The highest BCUT2D eigenvalue weighted by Crippen LogP contribution is 2.44. The van der Waals surface area contributed by atoms with Crippen LogP contribution in [0.1, 0.15) is 144 Å². The predicted octanol–water partition coefficient (Wildman–Crippen LogP) is 9.85. The number of amides is 1. The zero-order chi connectivity index (χ0) is 58.6. The Kier molecular flexibility index (Phi) is 25.9. The number of nitrogens with one attached hydrogen (secondary N) is 3. The number of nitrogens with zero attached hydrogens (tertiary/aromatic N) is 2. The number of hydrogen-bond donors (Lipinski definition) is 4. The summed E-state index contributed by atoms with van der Waals surface area (Å²) in [5.74, 6) is -0.600. The van der Waals surface area contributed by atoms with E-state index in [0.717, 1.165) is 99.3 Å². The quantitative estimate of drug-likeness (QED) is 0.0177. The van der Waals surface area contributed by atoms with Crippen LogP contribution in [0.15, 0.2) is 73.1 Å². The highest BCUT2D eigenvalue weighted by Gasteiger charge is 2.40. The molecule has 2 unspecified atom stereocenters. The van der Waals surface area contributed by atoms with Gasteiger partial charge in [-0.1, -0.05) is 87.2 Å². The minimum Gasteiger partial charge on any atom is -0.467 e. The maximum Gasteiger partial charge on any atom is 0.328 e. The van der Waals surface area contributed by atoms with Crippen LogP contribution < -0.4 is 21.7 Å². The molecular weight excluding hydrogens is 1100 g/mol. The molecule has 0 radical (unpaired) electrons. The van der Waals surface area contributed by atoms with E-state index in [-0.39, 0.29) is 34.2 Å². The molecule has 2 saturated carbocycles. The van der Waals surface area contributed by atoms with E-state index in [4.69, 9.17) is 51.2 Å². The minimum atomic E-state index is -2.99. The van der Waals surface area contributed by atoms with E-state index in [9.17, 15) is 36.0 Å². The summed E-state index contributed by atoms with van der Waals surface area (Å²) in [4.78, 5) is 58.2. The largest absolute Gasteiger partial charge is 0.467 e. The number of sulfone groups is 2. The number of pyridine rings is 2. The Morgan fingerprint density at radius 2 is 1.00 bits per heavy atom. The SMILES string of the molecule is COC(=O)C(Cc1ccc(N)cc1)NC(=S)C1(CCCCS(C)(=O)=O)CCCC1.COC(=O)C(Cc1ccc(NC(=O)c2c(C)ccnc2C)cc1)NC(=S)C1(CCCCS(C)(=O)=O)CCCC1.Cc1ccnc(C)c1C(=O)Cl. The Hall–Kier alpha value is -5.41. The van der Waals surface area contributed by atoms with Crippen molar-refractivity contribution in [2.24, 2.45) is 10.8 Å². The van der Waals surface area contributed by atoms with Crippen LogP contribution in [0.3, 0.4) is 0 Å². The first-order valence-electron chi connectivity index (χ1n) is 26.6. The number of halogens is 1. The summed E-state index contributed by atoms with van der Waals surface area (Å²) in [6.45, 7) is 7.29. The van der Waals surface area contributed by atoms with E-state index in [0.29, 0.717) is 69.5 Å². The van der Waals surface area contributed by atoms with Gasteiger partial charge in [0.05, 0.1) is 41.0 Å². The minimum absolute atomic E-state index is 0.166. The normalized spacial score (nSPS) is 15.2. The lowest BCUT2D eigenvalue weighted by atomic mass is 9.80. The van der Waals surface area contributed by atoms with Gasteiger partial charge >= 0.3 is 11.9 Å². The van der Waals surface area contributed by atoms with Crippen molar-refractivity contribution < 1.29 is 45.5 Å². The predicted molar refractivity (Wildman–Crippen MR) is 322 cm³/mol. The van der Waals surface area contributed by atoms with Gasteiger partial charge in [0.1, 0.15) is 31.8 Å². The van der Waals surface area contributed by atoms with E-state index >= 15 is 0 Å². The fourth-order valence-corrected chi connectivity index (χ4v) is 12.9. The van der Waals surface area contributed by atoms with E-state index in [1.54, 1.807) is 50.5 Å². The van der Waals surface area contributed by atoms with Gasteiger partial charge in [-0.25, -0.2) is 26.4 Å². The smallest absolute Gasteiger partial charge is 0.328 e. The molecule has 2 fully saturated rings. The summed E-state index contributed by atoms with van der Waals surface area (Å²) in [5, 5.41) is 9.06. The molecule has 21 heteroatoms. The number of nitrogen functional groups attached to an aromatic ring is 1. The molecule has 2 aliphatic rings. The molecule has 2 aromatic heterocycles. The maximum absolute atomic E-state index is 12.8. The number of esters is 2. The van der Waals surface area contributed by atoms with Crippen molar-refractivity contribution in [3.05, 3.63) is 118 Å². The Morgan fingerprint density at radius 1 is 0.620 bits per heavy atom. The van der Waals surface area contributed by atoms with Gasteiger partial charge in [0.25, 0.3) is 11.1 Å². The Labute approximate surface area is 483 Å². The number of carbonyl (C=O) groups is 4. The molecule has 1 amide bonds. The van der Waals surface area contributed by atoms with Crippen LogP contribution in [0.2, 0.25) is 0 Å². The van der Waals surface area contributed by atoms with E-state index in [2.05, 4.69) is 25.9 Å². The molecule has 0 saturated heterocycles. The van der Waals surface area contributed by atoms with Crippen LogP contribution >= 0.6 is 36.0 Å². The Bertz CT molecular complexity index is 2920. The Balaban J connectivity index is 0.000000293. The number of aryl methyl sites for hydroxylation is 4. The molecule has 16 nitrogen and oxygen atoms in total. The van der Waals surface area contributed by atoms with Crippen molar-refractivity contribution >= 4 is 100 Å². The summed E-state index contributed by atoms with van der Waals surface area (Å²) >= 11 is 17.0. The summed E-state index contributed by atoms with van der Waals surface area (Å²) in [7, 11) is -3.21. The molecule has 2 heterocycles. The second kappa shape index (κ2) is 31.0. The number of benzene rings is 2. The molecule has 2 atom stereocenters. The summed E-state index contributed by atoms with van der Waals surface area (Å²) in [6, 6.07) is 17.1. The molecule has 0 bridgehead atoms. The lowest BCUT2D eigenvalue weighted by Crippen LogP contribution is -2.48. The van der Waals surface area contributed by atoms with Gasteiger partial charge in [0, 0.05) is 77.2 Å². The number of ether oxygens (including phenoxy) is 2. The average molecular weight is 1180 g/mol. The van der Waals surface area contributed by atoms with Crippen LogP contribution in [0.4, 0.5) is 11.4 Å². The first-order chi connectivity index (χ1) is 37.2. The van der Waals surface area contributed by atoms with E-state index in [1.807, 2.05) is 50.2 Å². The molecule has 2 aliphatic carbocycles. The molecular formula is C58H79ClN6O10S4.